The number of aryl methyl sites for hydroxylation is 1. The Morgan fingerprint density at radius 2 is 2.26 bits per heavy atom. The molecule has 1 aliphatic rings. The van der Waals surface area contributed by atoms with Gasteiger partial charge in [0, 0.05) is 17.0 Å². The minimum absolute atomic E-state index is 0.356. The SMILES string of the molecule is CCSC1CCCC1Nc1ccc(C(=O)O)cc1C. The van der Waals surface area contributed by atoms with Crippen LogP contribution in [0, 0.1) is 6.92 Å². The van der Waals surface area contributed by atoms with Gasteiger partial charge in [-0.3, -0.25) is 0 Å². The third-order valence-electron chi connectivity index (χ3n) is 3.65. The maximum Gasteiger partial charge on any atom is 0.335 e. The van der Waals surface area contributed by atoms with E-state index >= 15 is 0 Å². The van der Waals surface area contributed by atoms with Crippen molar-refractivity contribution in [1.82, 2.24) is 0 Å². The lowest BCUT2D eigenvalue weighted by atomic mass is 10.1. The second-order valence-corrected chi connectivity index (χ2v) is 6.53. The zero-order valence-corrected chi connectivity index (χ0v) is 12.3. The second-order valence-electron chi connectivity index (χ2n) is 5.01. The van der Waals surface area contributed by atoms with E-state index in [9.17, 15) is 4.79 Å². The third kappa shape index (κ3) is 3.44. The molecule has 0 aliphatic heterocycles. The van der Waals surface area contributed by atoms with Gasteiger partial charge in [0.15, 0.2) is 0 Å². The van der Waals surface area contributed by atoms with Crippen LogP contribution in [0.5, 0.6) is 0 Å². The molecule has 104 valence electrons. The molecule has 2 atom stereocenters. The Morgan fingerprint density at radius 3 is 2.89 bits per heavy atom. The molecule has 0 amide bonds. The highest BCUT2D eigenvalue weighted by atomic mass is 32.2. The van der Waals surface area contributed by atoms with Crippen LogP contribution < -0.4 is 5.32 Å². The van der Waals surface area contributed by atoms with Crippen molar-refractivity contribution in [3.05, 3.63) is 29.3 Å². The van der Waals surface area contributed by atoms with E-state index in [0.29, 0.717) is 16.9 Å². The molecule has 4 heteroatoms. The van der Waals surface area contributed by atoms with Crippen LogP contribution in [-0.4, -0.2) is 28.1 Å². The predicted octanol–water partition coefficient (Wildman–Crippen LogP) is 3.78. The van der Waals surface area contributed by atoms with Crippen LogP contribution >= 0.6 is 11.8 Å². The van der Waals surface area contributed by atoms with Crippen molar-refractivity contribution < 1.29 is 9.90 Å². The van der Waals surface area contributed by atoms with Crippen molar-refractivity contribution in [2.24, 2.45) is 0 Å². The van der Waals surface area contributed by atoms with E-state index < -0.39 is 5.97 Å². The van der Waals surface area contributed by atoms with E-state index in [1.807, 2.05) is 24.8 Å². The molecule has 19 heavy (non-hydrogen) atoms. The molecule has 0 heterocycles. The Bertz CT molecular complexity index is 461. The van der Waals surface area contributed by atoms with E-state index in [1.165, 1.54) is 19.3 Å². The van der Waals surface area contributed by atoms with Crippen LogP contribution in [0.25, 0.3) is 0 Å². The number of aromatic carboxylic acids is 1. The summed E-state index contributed by atoms with van der Waals surface area (Å²) in [6.45, 7) is 4.17. The van der Waals surface area contributed by atoms with Gasteiger partial charge in [0.1, 0.15) is 0 Å². The molecule has 2 N–H and O–H groups in total. The molecular formula is C15H21NO2S. The van der Waals surface area contributed by atoms with Crippen LogP contribution in [0.1, 0.15) is 42.1 Å². The van der Waals surface area contributed by atoms with Crippen LogP contribution in [0.15, 0.2) is 18.2 Å². The molecule has 2 rings (SSSR count). The summed E-state index contributed by atoms with van der Waals surface area (Å²) >= 11 is 2.02. The Hall–Kier alpha value is -1.16. The quantitative estimate of drug-likeness (QED) is 0.861. The number of benzene rings is 1. The van der Waals surface area contributed by atoms with Gasteiger partial charge in [0.2, 0.25) is 0 Å². The van der Waals surface area contributed by atoms with Crippen molar-refractivity contribution in [1.29, 1.82) is 0 Å². The van der Waals surface area contributed by atoms with Crippen molar-refractivity contribution in [3.63, 3.8) is 0 Å². The molecule has 3 nitrogen and oxygen atoms in total. The first-order valence-corrected chi connectivity index (χ1v) is 7.88. The molecule has 0 bridgehead atoms. The van der Waals surface area contributed by atoms with Gasteiger partial charge in [-0.15, -0.1) is 0 Å². The van der Waals surface area contributed by atoms with Gasteiger partial charge in [-0.2, -0.15) is 11.8 Å². The first kappa shape index (κ1) is 14.3. The fourth-order valence-corrected chi connectivity index (χ4v) is 3.86. The zero-order valence-electron chi connectivity index (χ0n) is 11.5. The largest absolute Gasteiger partial charge is 0.478 e. The normalized spacial score (nSPS) is 22.4. The molecule has 1 aromatic carbocycles. The molecular weight excluding hydrogens is 258 g/mol. The van der Waals surface area contributed by atoms with Crippen molar-refractivity contribution >= 4 is 23.4 Å². The summed E-state index contributed by atoms with van der Waals surface area (Å²) in [7, 11) is 0. The zero-order chi connectivity index (χ0) is 13.8. The highest BCUT2D eigenvalue weighted by Gasteiger charge is 2.27. The highest BCUT2D eigenvalue weighted by molar-refractivity contribution is 7.99. The molecule has 1 saturated carbocycles. The molecule has 1 aliphatic carbocycles. The van der Waals surface area contributed by atoms with Gasteiger partial charge >= 0.3 is 5.97 Å². The molecule has 1 fully saturated rings. The van der Waals surface area contributed by atoms with Gasteiger partial charge in [-0.25, -0.2) is 4.79 Å². The lowest BCUT2D eigenvalue weighted by Crippen LogP contribution is -2.26. The van der Waals surface area contributed by atoms with Crippen molar-refractivity contribution in [3.8, 4) is 0 Å². The summed E-state index contributed by atoms with van der Waals surface area (Å²) in [5, 5.41) is 13.3. The molecule has 0 radical (unpaired) electrons. The van der Waals surface area contributed by atoms with Gasteiger partial charge in [-0.05, 0) is 49.3 Å². The lowest BCUT2D eigenvalue weighted by molar-refractivity contribution is 0.0697. The molecule has 0 spiro atoms. The van der Waals surface area contributed by atoms with Crippen LogP contribution in [0.3, 0.4) is 0 Å². The van der Waals surface area contributed by atoms with Gasteiger partial charge in [0.25, 0.3) is 0 Å². The maximum absolute atomic E-state index is 10.9. The Labute approximate surface area is 118 Å². The maximum atomic E-state index is 10.9. The summed E-state index contributed by atoms with van der Waals surface area (Å²) in [4.78, 5) is 10.9. The number of hydrogen-bond acceptors (Lipinski definition) is 3. The number of nitrogens with one attached hydrogen (secondary N) is 1. The summed E-state index contributed by atoms with van der Waals surface area (Å²) in [6.07, 6.45) is 3.77. The number of carbonyl (C=O) groups is 1. The summed E-state index contributed by atoms with van der Waals surface area (Å²) in [6, 6.07) is 5.82. The summed E-state index contributed by atoms with van der Waals surface area (Å²) in [5.41, 5.74) is 2.43. The van der Waals surface area contributed by atoms with E-state index in [-0.39, 0.29) is 0 Å². The first-order chi connectivity index (χ1) is 9.11. The number of carboxylic acids is 1. The Morgan fingerprint density at radius 1 is 1.47 bits per heavy atom. The van der Waals surface area contributed by atoms with E-state index in [1.54, 1.807) is 12.1 Å². The number of anilines is 1. The monoisotopic (exact) mass is 279 g/mol. The van der Waals surface area contributed by atoms with Crippen LogP contribution in [0.2, 0.25) is 0 Å². The molecule has 1 aromatic rings. The van der Waals surface area contributed by atoms with Crippen molar-refractivity contribution in [2.75, 3.05) is 11.1 Å². The minimum Gasteiger partial charge on any atom is -0.478 e. The average Bonchev–Trinajstić information content (AvgIpc) is 2.79. The van der Waals surface area contributed by atoms with E-state index in [4.69, 9.17) is 5.11 Å². The summed E-state index contributed by atoms with van der Waals surface area (Å²) < 4.78 is 0. The third-order valence-corrected chi connectivity index (χ3v) is 4.97. The average molecular weight is 279 g/mol. The van der Waals surface area contributed by atoms with Crippen LogP contribution in [-0.2, 0) is 0 Å². The van der Waals surface area contributed by atoms with Gasteiger partial charge in [0.05, 0.1) is 5.56 Å². The number of hydrogen-bond donors (Lipinski definition) is 2. The van der Waals surface area contributed by atoms with Gasteiger partial charge < -0.3 is 10.4 Å². The standard InChI is InChI=1S/C15H21NO2S/c1-3-19-14-6-4-5-13(14)16-12-8-7-11(15(17)18)9-10(12)2/h7-9,13-14,16H,3-6H2,1-2H3,(H,17,18). The molecule has 0 saturated heterocycles. The number of carboxylic acid groups (broad SMARTS) is 1. The minimum atomic E-state index is -0.866. The fourth-order valence-electron chi connectivity index (χ4n) is 2.66. The van der Waals surface area contributed by atoms with Crippen molar-refractivity contribution in [2.45, 2.75) is 44.4 Å². The second kappa shape index (κ2) is 6.33. The lowest BCUT2D eigenvalue weighted by Gasteiger charge is -2.22. The number of thioether (sulfide) groups is 1. The fraction of sp³-hybridized carbons (Fsp3) is 0.533. The molecule has 0 aromatic heterocycles. The smallest absolute Gasteiger partial charge is 0.335 e. The summed E-state index contributed by atoms with van der Waals surface area (Å²) in [5.74, 6) is 0.287. The van der Waals surface area contributed by atoms with Gasteiger partial charge in [-0.1, -0.05) is 13.3 Å². The van der Waals surface area contributed by atoms with Crippen LogP contribution in [0.4, 0.5) is 5.69 Å². The topological polar surface area (TPSA) is 49.3 Å². The van der Waals surface area contributed by atoms with E-state index in [0.717, 1.165) is 17.0 Å². The number of rotatable bonds is 5. The molecule has 2 unspecified atom stereocenters. The Balaban J connectivity index is 2.08. The Kier molecular flexibility index (Phi) is 4.75. The first-order valence-electron chi connectivity index (χ1n) is 6.84. The highest BCUT2D eigenvalue weighted by Crippen LogP contribution is 2.32. The van der Waals surface area contributed by atoms with E-state index in [2.05, 4.69) is 12.2 Å². The predicted molar refractivity (Wildman–Crippen MR) is 81.3 cm³/mol.